The van der Waals surface area contributed by atoms with Crippen molar-refractivity contribution in [3.05, 3.63) is 64.2 Å². The van der Waals surface area contributed by atoms with Crippen LogP contribution in [0, 0.1) is 10.1 Å². The number of rotatable bonds is 13. The summed E-state index contributed by atoms with van der Waals surface area (Å²) in [5, 5.41) is 11.6. The van der Waals surface area contributed by atoms with Gasteiger partial charge in [0, 0.05) is 39.4 Å². The Morgan fingerprint density at radius 1 is 1.09 bits per heavy atom. The van der Waals surface area contributed by atoms with Crippen molar-refractivity contribution in [2.45, 2.75) is 25.3 Å². The van der Waals surface area contributed by atoms with Crippen LogP contribution >= 0.6 is 0 Å². The Morgan fingerprint density at radius 2 is 1.76 bits per heavy atom. The molecule has 180 valence electrons. The maximum atomic E-state index is 12.8. The van der Waals surface area contributed by atoms with Crippen molar-refractivity contribution in [3.63, 3.8) is 0 Å². The molecule has 0 radical (unpaired) electrons. The summed E-state index contributed by atoms with van der Waals surface area (Å²) < 4.78 is 37.1. The Bertz CT molecular complexity index is 1040. The summed E-state index contributed by atoms with van der Waals surface area (Å²) in [6, 6.07) is 12.8. The van der Waals surface area contributed by atoms with Crippen LogP contribution in [0.2, 0.25) is 0 Å². The van der Waals surface area contributed by atoms with Gasteiger partial charge in [-0.2, -0.15) is 4.31 Å². The number of sulfonamides is 1. The van der Waals surface area contributed by atoms with Gasteiger partial charge in [0.15, 0.2) is 12.4 Å². The van der Waals surface area contributed by atoms with Crippen molar-refractivity contribution in [3.8, 4) is 5.75 Å². The monoisotopic (exact) mass is 479 g/mol. The van der Waals surface area contributed by atoms with Crippen LogP contribution < -0.4 is 4.74 Å². The largest absolute Gasteiger partial charge is 0.477 e. The standard InChI is InChI=1S/C22H29N3O7S/c1-4-24(5-2)33(29,30)19-11-12-21(20(15-19)25(27)28)32-17-22(26)23(13-14-31-3)16-18-9-7-6-8-10-18/h6-12,15H,4-5,13-14,16-17H2,1-3H3. The molecule has 0 fully saturated rings. The molecule has 10 nitrogen and oxygen atoms in total. The van der Waals surface area contributed by atoms with Crippen LogP contribution in [-0.2, 0) is 26.1 Å². The Kier molecular flexibility index (Phi) is 9.76. The number of hydrogen-bond acceptors (Lipinski definition) is 7. The summed E-state index contributed by atoms with van der Waals surface area (Å²) in [5.41, 5.74) is 0.390. The fourth-order valence-electron chi connectivity index (χ4n) is 3.16. The van der Waals surface area contributed by atoms with Crippen molar-refractivity contribution in [2.75, 3.05) is 40.0 Å². The lowest BCUT2D eigenvalue weighted by Gasteiger charge is -2.22. The fraction of sp³-hybridized carbons (Fsp3) is 0.409. The summed E-state index contributed by atoms with van der Waals surface area (Å²) in [5.74, 6) is -0.566. The van der Waals surface area contributed by atoms with Crippen LogP contribution in [0.25, 0.3) is 0 Å². The molecule has 0 atom stereocenters. The van der Waals surface area contributed by atoms with Crippen LogP contribution in [0.1, 0.15) is 19.4 Å². The molecular formula is C22H29N3O7S. The molecule has 33 heavy (non-hydrogen) atoms. The molecule has 0 N–H and O–H groups in total. The van der Waals surface area contributed by atoms with Gasteiger partial charge in [-0.1, -0.05) is 44.2 Å². The summed E-state index contributed by atoms with van der Waals surface area (Å²) in [6.07, 6.45) is 0. The second-order valence-electron chi connectivity index (χ2n) is 7.06. The number of amides is 1. The molecule has 0 bridgehead atoms. The van der Waals surface area contributed by atoms with Crippen molar-refractivity contribution in [1.82, 2.24) is 9.21 Å². The lowest BCUT2D eigenvalue weighted by atomic mass is 10.2. The molecule has 2 rings (SSSR count). The first-order valence-corrected chi connectivity index (χ1v) is 11.9. The lowest BCUT2D eigenvalue weighted by Crippen LogP contribution is -2.36. The van der Waals surface area contributed by atoms with E-state index in [1.54, 1.807) is 13.8 Å². The van der Waals surface area contributed by atoms with E-state index < -0.39 is 27.2 Å². The number of nitro groups is 1. The number of benzene rings is 2. The van der Waals surface area contributed by atoms with Gasteiger partial charge in [-0.15, -0.1) is 0 Å². The molecule has 11 heteroatoms. The highest BCUT2D eigenvalue weighted by molar-refractivity contribution is 7.89. The quantitative estimate of drug-likeness (QED) is 0.320. The molecule has 0 saturated heterocycles. The molecule has 2 aromatic rings. The number of carbonyl (C=O) groups is 1. The molecule has 2 aromatic carbocycles. The van der Waals surface area contributed by atoms with E-state index in [4.69, 9.17) is 9.47 Å². The second-order valence-corrected chi connectivity index (χ2v) is 9.00. The average molecular weight is 480 g/mol. The Morgan fingerprint density at radius 3 is 2.33 bits per heavy atom. The summed E-state index contributed by atoms with van der Waals surface area (Å²) in [7, 11) is -2.35. The SMILES string of the molecule is CCN(CC)S(=O)(=O)c1ccc(OCC(=O)N(CCOC)Cc2ccccc2)c([N+](=O)[O-])c1. The van der Waals surface area contributed by atoms with Gasteiger partial charge < -0.3 is 14.4 Å². The molecule has 0 aliphatic heterocycles. The van der Waals surface area contributed by atoms with Gasteiger partial charge in [0.25, 0.3) is 5.91 Å². The van der Waals surface area contributed by atoms with Gasteiger partial charge in [0.05, 0.1) is 16.4 Å². The van der Waals surface area contributed by atoms with Crippen molar-refractivity contribution in [2.24, 2.45) is 0 Å². The van der Waals surface area contributed by atoms with Gasteiger partial charge in [-0.25, -0.2) is 8.42 Å². The van der Waals surface area contributed by atoms with Gasteiger partial charge in [0.1, 0.15) is 0 Å². The number of methoxy groups -OCH3 is 1. The zero-order valence-corrected chi connectivity index (χ0v) is 19.8. The number of carbonyl (C=O) groups excluding carboxylic acids is 1. The smallest absolute Gasteiger partial charge is 0.312 e. The Hall–Kier alpha value is -3.02. The third-order valence-corrected chi connectivity index (χ3v) is 7.00. The first-order chi connectivity index (χ1) is 15.7. The van der Waals surface area contributed by atoms with E-state index >= 15 is 0 Å². The van der Waals surface area contributed by atoms with E-state index in [2.05, 4.69) is 0 Å². The first kappa shape index (κ1) is 26.2. The molecular weight excluding hydrogens is 450 g/mol. The topological polar surface area (TPSA) is 119 Å². The van der Waals surface area contributed by atoms with Crippen LogP contribution in [-0.4, -0.2) is 68.4 Å². The lowest BCUT2D eigenvalue weighted by molar-refractivity contribution is -0.386. The maximum Gasteiger partial charge on any atom is 0.312 e. The zero-order chi connectivity index (χ0) is 24.4. The number of hydrogen-bond donors (Lipinski definition) is 0. The number of nitro benzene ring substituents is 1. The molecule has 0 aliphatic carbocycles. The molecule has 0 aromatic heterocycles. The summed E-state index contributed by atoms with van der Waals surface area (Å²) >= 11 is 0. The zero-order valence-electron chi connectivity index (χ0n) is 19.0. The van der Waals surface area contributed by atoms with E-state index in [0.29, 0.717) is 19.7 Å². The average Bonchev–Trinajstić information content (AvgIpc) is 2.81. The van der Waals surface area contributed by atoms with Crippen LogP contribution in [0.5, 0.6) is 5.75 Å². The van der Waals surface area contributed by atoms with E-state index in [-0.39, 0.29) is 29.6 Å². The minimum atomic E-state index is -3.88. The van der Waals surface area contributed by atoms with Crippen molar-refractivity contribution >= 4 is 21.6 Å². The van der Waals surface area contributed by atoms with Crippen molar-refractivity contribution in [1.29, 1.82) is 0 Å². The minimum Gasteiger partial charge on any atom is -0.477 e. The highest BCUT2D eigenvalue weighted by Gasteiger charge is 2.27. The first-order valence-electron chi connectivity index (χ1n) is 10.5. The maximum absolute atomic E-state index is 12.8. The molecule has 0 aliphatic rings. The van der Waals surface area contributed by atoms with E-state index in [1.165, 1.54) is 28.4 Å². The van der Waals surface area contributed by atoms with Crippen LogP contribution in [0.15, 0.2) is 53.4 Å². The van der Waals surface area contributed by atoms with E-state index in [9.17, 15) is 23.3 Å². The van der Waals surface area contributed by atoms with Crippen LogP contribution in [0.4, 0.5) is 5.69 Å². The van der Waals surface area contributed by atoms with E-state index in [1.807, 2.05) is 30.3 Å². The molecule has 0 heterocycles. The van der Waals surface area contributed by atoms with Gasteiger partial charge in [0.2, 0.25) is 10.0 Å². The van der Waals surface area contributed by atoms with Crippen LogP contribution in [0.3, 0.4) is 0 Å². The normalized spacial score (nSPS) is 11.4. The predicted octanol–water partition coefficient (Wildman–Crippen LogP) is 2.68. The number of nitrogens with zero attached hydrogens (tertiary/aromatic N) is 3. The highest BCUT2D eigenvalue weighted by atomic mass is 32.2. The summed E-state index contributed by atoms with van der Waals surface area (Å²) in [6.45, 7) is 4.35. The number of ether oxygens (including phenoxy) is 2. The van der Waals surface area contributed by atoms with Crippen molar-refractivity contribution < 1.29 is 27.6 Å². The summed E-state index contributed by atoms with van der Waals surface area (Å²) in [4.78, 5) is 24.9. The molecule has 1 amide bonds. The Balaban J connectivity index is 2.21. The highest BCUT2D eigenvalue weighted by Crippen LogP contribution is 2.31. The third kappa shape index (κ3) is 6.98. The second kappa shape index (κ2) is 12.3. The van der Waals surface area contributed by atoms with Gasteiger partial charge in [-0.3, -0.25) is 14.9 Å². The molecule has 0 saturated carbocycles. The fourth-order valence-corrected chi connectivity index (χ4v) is 4.64. The minimum absolute atomic E-state index is 0.182. The molecule has 0 unspecified atom stereocenters. The van der Waals surface area contributed by atoms with E-state index in [0.717, 1.165) is 11.6 Å². The Labute approximate surface area is 193 Å². The third-order valence-electron chi connectivity index (χ3n) is 4.96. The van der Waals surface area contributed by atoms with Gasteiger partial charge in [-0.05, 0) is 17.7 Å². The molecule has 0 spiro atoms. The predicted molar refractivity (Wildman–Crippen MR) is 122 cm³/mol. The van der Waals surface area contributed by atoms with Gasteiger partial charge >= 0.3 is 5.69 Å².